The molecule has 1 aliphatic heterocycles. The number of nitrogens with zero attached hydrogens (tertiary/aromatic N) is 5. The molecule has 4 rings (SSSR count). The number of carbonyl (C=O) groups is 1. The molecule has 132 valence electrons. The summed E-state index contributed by atoms with van der Waals surface area (Å²) in [4.78, 5) is 24.9. The van der Waals surface area contributed by atoms with Crippen LogP contribution in [0.5, 0.6) is 0 Å². The van der Waals surface area contributed by atoms with Crippen molar-refractivity contribution in [2.24, 2.45) is 7.05 Å². The first-order valence-electron chi connectivity index (χ1n) is 8.71. The zero-order valence-corrected chi connectivity index (χ0v) is 14.8. The number of benzene rings is 1. The van der Waals surface area contributed by atoms with E-state index in [1.54, 1.807) is 6.33 Å². The number of hydrogen-bond donors (Lipinski definition) is 0. The smallest absolute Gasteiger partial charge is 0.246 e. The molecule has 3 heterocycles. The fourth-order valence-corrected chi connectivity index (χ4v) is 3.53. The third kappa shape index (κ3) is 2.73. The predicted octanol–water partition coefficient (Wildman–Crippen LogP) is 2.47. The molecule has 26 heavy (non-hydrogen) atoms. The topological polar surface area (TPSA) is 54.3 Å². The Hall–Kier alpha value is -3.15. The molecule has 0 unspecified atom stereocenters. The number of carbonyl (C=O) groups excluding carboxylic acids is 1. The molecule has 0 spiro atoms. The van der Waals surface area contributed by atoms with Gasteiger partial charge in [-0.2, -0.15) is 0 Å². The Morgan fingerprint density at radius 1 is 1.12 bits per heavy atom. The number of aromatic nitrogens is 3. The van der Waals surface area contributed by atoms with E-state index in [4.69, 9.17) is 0 Å². The first kappa shape index (κ1) is 16.3. The van der Waals surface area contributed by atoms with Gasteiger partial charge < -0.3 is 14.4 Å². The van der Waals surface area contributed by atoms with E-state index < -0.39 is 0 Å². The average Bonchev–Trinajstić information content (AvgIpc) is 3.05. The number of fused-ring (bicyclic) bond motifs is 1. The van der Waals surface area contributed by atoms with Gasteiger partial charge in [0.2, 0.25) is 5.91 Å². The van der Waals surface area contributed by atoms with Gasteiger partial charge >= 0.3 is 0 Å². The Labute approximate surface area is 152 Å². The lowest BCUT2D eigenvalue weighted by molar-refractivity contribution is -0.126. The van der Waals surface area contributed by atoms with E-state index in [2.05, 4.69) is 44.2 Å². The molecule has 0 saturated carbocycles. The zero-order valence-electron chi connectivity index (χ0n) is 14.8. The molecule has 1 saturated heterocycles. The molecule has 6 nitrogen and oxygen atoms in total. The van der Waals surface area contributed by atoms with Gasteiger partial charge in [0, 0.05) is 33.2 Å². The summed E-state index contributed by atoms with van der Waals surface area (Å²) in [6, 6.07) is 12.4. The van der Waals surface area contributed by atoms with Crippen LogP contribution in [0.3, 0.4) is 0 Å². The van der Waals surface area contributed by atoms with Crippen LogP contribution in [-0.2, 0) is 11.8 Å². The normalized spacial score (nSPS) is 14.7. The van der Waals surface area contributed by atoms with Gasteiger partial charge in [0.25, 0.3) is 0 Å². The van der Waals surface area contributed by atoms with Crippen molar-refractivity contribution >= 4 is 22.8 Å². The maximum absolute atomic E-state index is 11.8. The van der Waals surface area contributed by atoms with Crippen LogP contribution in [0.25, 0.3) is 22.3 Å². The molecule has 1 aliphatic rings. The number of rotatable bonds is 3. The van der Waals surface area contributed by atoms with Crippen LogP contribution in [-0.4, -0.2) is 51.5 Å². The van der Waals surface area contributed by atoms with Gasteiger partial charge in [0.15, 0.2) is 0 Å². The highest BCUT2D eigenvalue weighted by atomic mass is 16.2. The molecule has 0 radical (unpaired) electrons. The monoisotopic (exact) mass is 347 g/mol. The lowest BCUT2D eigenvalue weighted by Gasteiger charge is -2.35. The van der Waals surface area contributed by atoms with Gasteiger partial charge in [-0.25, -0.2) is 9.97 Å². The number of hydrogen-bond acceptors (Lipinski definition) is 4. The highest BCUT2D eigenvalue weighted by Gasteiger charge is 2.23. The van der Waals surface area contributed by atoms with Gasteiger partial charge in [-0.3, -0.25) is 4.79 Å². The zero-order chi connectivity index (χ0) is 18.1. The molecule has 0 aliphatic carbocycles. The van der Waals surface area contributed by atoms with Crippen molar-refractivity contribution in [3.05, 3.63) is 55.4 Å². The summed E-state index contributed by atoms with van der Waals surface area (Å²) in [6.45, 7) is 6.42. The van der Waals surface area contributed by atoms with E-state index in [0.29, 0.717) is 13.1 Å². The first-order valence-corrected chi connectivity index (χ1v) is 8.71. The van der Waals surface area contributed by atoms with Crippen LogP contribution in [0.4, 0.5) is 5.82 Å². The van der Waals surface area contributed by atoms with Crippen LogP contribution < -0.4 is 4.90 Å². The highest BCUT2D eigenvalue weighted by Crippen LogP contribution is 2.31. The Morgan fingerprint density at radius 3 is 2.54 bits per heavy atom. The van der Waals surface area contributed by atoms with Gasteiger partial charge in [-0.05, 0) is 17.7 Å². The largest absolute Gasteiger partial charge is 0.352 e. The van der Waals surface area contributed by atoms with E-state index in [-0.39, 0.29) is 5.91 Å². The van der Waals surface area contributed by atoms with E-state index in [1.165, 1.54) is 6.08 Å². The number of piperazine rings is 1. The molecule has 1 aromatic carbocycles. The van der Waals surface area contributed by atoms with Crippen molar-refractivity contribution in [1.29, 1.82) is 0 Å². The van der Waals surface area contributed by atoms with Crippen molar-refractivity contribution < 1.29 is 4.79 Å². The molecule has 0 N–H and O–H groups in total. The summed E-state index contributed by atoms with van der Waals surface area (Å²) in [5.74, 6) is 0.919. The Balaban J connectivity index is 1.69. The van der Waals surface area contributed by atoms with Crippen molar-refractivity contribution in [2.45, 2.75) is 0 Å². The molecule has 0 bridgehead atoms. The summed E-state index contributed by atoms with van der Waals surface area (Å²) >= 11 is 0. The van der Waals surface area contributed by atoms with E-state index in [1.807, 2.05) is 30.1 Å². The molecule has 6 heteroatoms. The summed E-state index contributed by atoms with van der Waals surface area (Å²) in [5, 5.41) is 1.04. The van der Waals surface area contributed by atoms with Crippen LogP contribution in [0.15, 0.2) is 55.4 Å². The molecule has 2 aromatic heterocycles. The van der Waals surface area contributed by atoms with Gasteiger partial charge in [0.05, 0.1) is 11.1 Å². The summed E-state index contributed by atoms with van der Waals surface area (Å²) < 4.78 is 2.10. The predicted molar refractivity (Wildman–Crippen MR) is 103 cm³/mol. The molecular weight excluding hydrogens is 326 g/mol. The van der Waals surface area contributed by atoms with Gasteiger partial charge in [-0.15, -0.1) is 0 Å². The third-order valence-electron chi connectivity index (χ3n) is 4.94. The first-order chi connectivity index (χ1) is 12.7. The van der Waals surface area contributed by atoms with E-state index in [0.717, 1.165) is 41.2 Å². The number of aryl methyl sites for hydroxylation is 1. The summed E-state index contributed by atoms with van der Waals surface area (Å²) in [6.07, 6.45) is 3.00. The van der Waals surface area contributed by atoms with Crippen molar-refractivity contribution in [1.82, 2.24) is 19.4 Å². The fourth-order valence-electron chi connectivity index (χ4n) is 3.53. The van der Waals surface area contributed by atoms with Crippen LogP contribution in [0.2, 0.25) is 0 Å². The SMILES string of the molecule is C=CC(=O)N1CCN(c2ncnc3c2cc(-c2ccccc2)n3C)CC1. The second-order valence-electron chi connectivity index (χ2n) is 6.41. The van der Waals surface area contributed by atoms with Crippen molar-refractivity contribution in [3.8, 4) is 11.3 Å². The molecule has 3 aromatic rings. The fraction of sp³-hybridized carbons (Fsp3) is 0.250. The maximum atomic E-state index is 11.8. The second kappa shape index (κ2) is 6.63. The van der Waals surface area contributed by atoms with Crippen molar-refractivity contribution in [2.75, 3.05) is 31.1 Å². The Bertz CT molecular complexity index is 955. The number of anilines is 1. The Kier molecular flexibility index (Phi) is 4.16. The van der Waals surface area contributed by atoms with Crippen molar-refractivity contribution in [3.63, 3.8) is 0 Å². The number of amides is 1. The van der Waals surface area contributed by atoms with Crippen LogP contribution >= 0.6 is 0 Å². The third-order valence-corrected chi connectivity index (χ3v) is 4.94. The Morgan fingerprint density at radius 2 is 1.85 bits per heavy atom. The summed E-state index contributed by atoms with van der Waals surface area (Å²) in [5.41, 5.74) is 3.18. The minimum Gasteiger partial charge on any atom is -0.352 e. The molecule has 1 fully saturated rings. The van der Waals surface area contributed by atoms with Gasteiger partial charge in [0.1, 0.15) is 17.8 Å². The average molecular weight is 347 g/mol. The van der Waals surface area contributed by atoms with Crippen LogP contribution in [0, 0.1) is 0 Å². The second-order valence-corrected chi connectivity index (χ2v) is 6.41. The summed E-state index contributed by atoms with van der Waals surface area (Å²) in [7, 11) is 2.03. The molecule has 0 atom stereocenters. The quantitative estimate of drug-likeness (QED) is 0.683. The van der Waals surface area contributed by atoms with E-state index in [9.17, 15) is 4.79 Å². The van der Waals surface area contributed by atoms with Gasteiger partial charge in [-0.1, -0.05) is 36.9 Å². The minimum absolute atomic E-state index is 0.0106. The highest BCUT2D eigenvalue weighted by molar-refractivity contribution is 5.93. The minimum atomic E-state index is -0.0106. The van der Waals surface area contributed by atoms with Crippen LogP contribution in [0.1, 0.15) is 0 Å². The lowest BCUT2D eigenvalue weighted by atomic mass is 10.1. The lowest BCUT2D eigenvalue weighted by Crippen LogP contribution is -2.48. The maximum Gasteiger partial charge on any atom is 0.246 e. The standard InChI is InChI=1S/C20H21N5O/c1-3-18(26)24-9-11-25(12-10-24)20-16-13-17(15-7-5-4-6-8-15)23(2)19(16)21-14-22-20/h3-8,13-14H,1,9-12H2,2H3. The molecule has 1 amide bonds. The van der Waals surface area contributed by atoms with E-state index >= 15 is 0 Å². The molecular formula is C20H21N5O.